The van der Waals surface area contributed by atoms with Crippen LogP contribution in [0.3, 0.4) is 0 Å². The van der Waals surface area contributed by atoms with Crippen molar-refractivity contribution in [2.45, 2.75) is 12.5 Å². The number of ether oxygens (including phenoxy) is 1. The molecule has 9 heteroatoms. The minimum Gasteiger partial charge on any atom is -0.525 e. The summed E-state index contributed by atoms with van der Waals surface area (Å²) in [6.45, 7) is -1.44. The van der Waals surface area contributed by atoms with E-state index in [9.17, 15) is 14.6 Å². The Morgan fingerprint density at radius 3 is 1.65 bits per heavy atom. The summed E-state index contributed by atoms with van der Waals surface area (Å²) >= 11 is 0. The van der Waals surface area contributed by atoms with E-state index in [1.807, 2.05) is 72.8 Å². The maximum atomic E-state index is 12.5. The van der Waals surface area contributed by atoms with Crippen LogP contribution in [0.2, 0.25) is 0 Å². The zero-order valence-corrected chi connectivity index (χ0v) is 20.1. The lowest BCUT2D eigenvalue weighted by molar-refractivity contribution is -0.137. The Bertz CT molecular complexity index is 1320. The van der Waals surface area contributed by atoms with Crippen LogP contribution in [0.15, 0.2) is 109 Å². The van der Waals surface area contributed by atoms with E-state index in [4.69, 9.17) is 20.9 Å². The van der Waals surface area contributed by atoms with Gasteiger partial charge in [0.2, 0.25) is 5.91 Å². The van der Waals surface area contributed by atoms with Crippen molar-refractivity contribution in [1.82, 2.24) is 0 Å². The topological polar surface area (TPSA) is 125 Å². The molecule has 0 aliphatic heterocycles. The molecule has 0 aliphatic carbocycles. The molecule has 184 valence electrons. The van der Waals surface area contributed by atoms with E-state index in [2.05, 4.69) is 0 Å². The highest BCUT2D eigenvalue weighted by molar-refractivity contribution is 6.81. The Kier molecular flexibility index (Phi) is 8.40. The molecule has 0 saturated carbocycles. The fraction of sp³-hybridized carbons (Fsp3) is 0.0714. The number of rotatable bonds is 10. The monoisotopic (exact) mass is 492 g/mol. The molecule has 1 unspecified atom stereocenters. The molecule has 4 aromatic rings. The van der Waals surface area contributed by atoms with Crippen LogP contribution in [0.5, 0.6) is 11.5 Å². The third kappa shape index (κ3) is 6.88. The van der Waals surface area contributed by atoms with Crippen molar-refractivity contribution in [3.63, 3.8) is 0 Å². The van der Waals surface area contributed by atoms with Gasteiger partial charge in [0.1, 0.15) is 17.5 Å². The van der Waals surface area contributed by atoms with Crippen molar-refractivity contribution in [3.8, 4) is 11.5 Å². The predicted octanol–water partition coefficient (Wildman–Crippen LogP) is 0.429. The molecule has 7 nitrogen and oxygen atoms in total. The van der Waals surface area contributed by atoms with Crippen LogP contribution >= 0.6 is 0 Å². The second kappa shape index (κ2) is 12.1. The third-order valence-electron chi connectivity index (χ3n) is 5.79. The van der Waals surface area contributed by atoms with Crippen molar-refractivity contribution in [2.75, 3.05) is 0 Å². The first-order valence-electron chi connectivity index (χ1n) is 11.8. The minimum atomic E-state index is -1.14. The Morgan fingerprint density at radius 1 is 0.703 bits per heavy atom. The van der Waals surface area contributed by atoms with Crippen molar-refractivity contribution >= 4 is 47.6 Å². The van der Waals surface area contributed by atoms with Crippen LogP contribution in [-0.4, -0.2) is 36.8 Å². The molecule has 0 aliphatic rings. The molecule has 0 fully saturated rings. The van der Waals surface area contributed by atoms with Gasteiger partial charge in [-0.3, -0.25) is 9.59 Å². The number of hydrogen-bond acceptors (Lipinski definition) is 6. The molecule has 0 heterocycles. The fourth-order valence-electron chi connectivity index (χ4n) is 3.85. The van der Waals surface area contributed by atoms with E-state index in [-0.39, 0.29) is 6.42 Å². The summed E-state index contributed by atoms with van der Waals surface area (Å²) in [5, 5.41) is 10.6. The average molecular weight is 492 g/mol. The van der Waals surface area contributed by atoms with Crippen molar-refractivity contribution in [1.29, 1.82) is 0 Å². The highest BCUT2D eigenvalue weighted by Crippen LogP contribution is 2.19. The Balaban J connectivity index is 1.47. The third-order valence-corrected chi connectivity index (χ3v) is 5.79. The molecule has 0 saturated heterocycles. The first-order chi connectivity index (χ1) is 17.9. The summed E-state index contributed by atoms with van der Waals surface area (Å²) in [6.07, 6.45) is -0.297. The Labute approximate surface area is 216 Å². The average Bonchev–Trinajstić information content (AvgIpc) is 2.93. The summed E-state index contributed by atoms with van der Waals surface area (Å²) < 4.78 is 11.6. The van der Waals surface area contributed by atoms with Crippen LogP contribution in [0.4, 0.5) is 0 Å². The standard InChI is InChI=1S/C28H26B2N2O5/c31-26(19-27(32)33)28(34)37-30(22-9-5-2-6-10-22)23-13-17-25(18-14-23)36-24-15-11-21(12-16-24)29(35)20-7-3-1-4-8-20/h1-18,26,35H,19,31H2,(H2,32,33). The smallest absolute Gasteiger partial charge is 0.429 e. The van der Waals surface area contributed by atoms with Crippen molar-refractivity contribution in [2.24, 2.45) is 11.5 Å². The molecule has 5 N–H and O–H groups in total. The Hall–Kier alpha value is -4.33. The molecule has 37 heavy (non-hydrogen) atoms. The highest BCUT2D eigenvalue weighted by Gasteiger charge is 2.29. The van der Waals surface area contributed by atoms with Gasteiger partial charge < -0.3 is 25.9 Å². The van der Waals surface area contributed by atoms with Crippen LogP contribution in [-0.2, 0) is 14.2 Å². The Morgan fingerprint density at radius 2 is 1.14 bits per heavy atom. The molecular weight excluding hydrogens is 466 g/mol. The van der Waals surface area contributed by atoms with Gasteiger partial charge in [0, 0.05) is 0 Å². The number of carbonyl (C=O) groups is 2. The minimum absolute atomic E-state index is 0.297. The first-order valence-corrected chi connectivity index (χ1v) is 11.8. The lowest BCUT2D eigenvalue weighted by atomic mass is 9.55. The maximum Gasteiger partial charge on any atom is 0.429 e. The van der Waals surface area contributed by atoms with Gasteiger partial charge in [-0.1, -0.05) is 84.9 Å². The molecule has 1 amide bonds. The van der Waals surface area contributed by atoms with Gasteiger partial charge >= 0.3 is 19.8 Å². The summed E-state index contributed by atoms with van der Waals surface area (Å²) in [4.78, 5) is 23.7. The van der Waals surface area contributed by atoms with Gasteiger partial charge in [0.15, 0.2) is 0 Å². The molecule has 1 atom stereocenters. The number of benzene rings is 4. The lowest BCUT2D eigenvalue weighted by Gasteiger charge is -2.18. The normalized spacial score (nSPS) is 11.3. The molecule has 0 aromatic heterocycles. The van der Waals surface area contributed by atoms with E-state index < -0.39 is 31.7 Å². The molecule has 0 spiro atoms. The SMILES string of the molecule is NC(=O)CC(N)C(=O)OB(c1ccccc1)c1ccc(Oc2ccc(B(O)c3ccccc3)cc2)cc1. The summed E-state index contributed by atoms with van der Waals surface area (Å²) in [7, 11) is 0. The second-order valence-electron chi connectivity index (χ2n) is 8.56. The number of nitrogens with two attached hydrogens (primary N) is 2. The molecule has 4 rings (SSSR count). The van der Waals surface area contributed by atoms with E-state index >= 15 is 0 Å². The largest absolute Gasteiger partial charge is 0.525 e. The zero-order valence-electron chi connectivity index (χ0n) is 20.1. The molecule has 0 radical (unpaired) electrons. The second-order valence-corrected chi connectivity index (χ2v) is 8.56. The van der Waals surface area contributed by atoms with E-state index in [0.717, 1.165) is 16.4 Å². The van der Waals surface area contributed by atoms with E-state index in [1.165, 1.54) is 0 Å². The highest BCUT2D eigenvalue weighted by atomic mass is 16.5. The van der Waals surface area contributed by atoms with Gasteiger partial charge in [-0.05, 0) is 46.1 Å². The summed E-state index contributed by atoms with van der Waals surface area (Å²) in [5.41, 5.74) is 14.0. The van der Waals surface area contributed by atoms with Gasteiger partial charge in [-0.15, -0.1) is 0 Å². The van der Waals surface area contributed by atoms with Gasteiger partial charge in [-0.2, -0.15) is 0 Å². The maximum absolute atomic E-state index is 12.5. The first kappa shape index (κ1) is 25.8. The summed E-state index contributed by atoms with van der Waals surface area (Å²) in [6, 6.07) is 31.9. The van der Waals surface area contributed by atoms with Gasteiger partial charge in [0.25, 0.3) is 0 Å². The summed E-state index contributed by atoms with van der Waals surface area (Å²) in [5.74, 6) is -0.195. The number of primary amides is 1. The van der Waals surface area contributed by atoms with E-state index in [0.29, 0.717) is 17.0 Å². The fourth-order valence-corrected chi connectivity index (χ4v) is 3.85. The van der Waals surface area contributed by atoms with Gasteiger partial charge in [-0.25, -0.2) is 0 Å². The number of carbonyl (C=O) groups excluding carboxylic acids is 2. The molecule has 0 bridgehead atoms. The van der Waals surface area contributed by atoms with E-state index in [1.54, 1.807) is 36.4 Å². The zero-order chi connectivity index (χ0) is 26.2. The van der Waals surface area contributed by atoms with Gasteiger partial charge in [0.05, 0.1) is 6.42 Å². The predicted molar refractivity (Wildman–Crippen MR) is 146 cm³/mol. The number of hydrogen-bond donors (Lipinski definition) is 3. The van der Waals surface area contributed by atoms with Crippen LogP contribution in [0, 0.1) is 0 Å². The molecular formula is C28H26B2N2O5. The van der Waals surface area contributed by atoms with Crippen molar-refractivity contribution in [3.05, 3.63) is 109 Å². The lowest BCUT2D eigenvalue weighted by Crippen LogP contribution is -2.49. The van der Waals surface area contributed by atoms with Crippen molar-refractivity contribution < 1.29 is 24.0 Å². The van der Waals surface area contributed by atoms with Crippen LogP contribution in [0.25, 0.3) is 0 Å². The van der Waals surface area contributed by atoms with Crippen LogP contribution < -0.4 is 38.1 Å². The quantitative estimate of drug-likeness (QED) is 0.276. The molecule has 4 aromatic carbocycles. The number of amides is 1. The van der Waals surface area contributed by atoms with Crippen LogP contribution in [0.1, 0.15) is 6.42 Å².